The number of carbonyl (C=O) groups excluding carboxylic acids is 2. The minimum absolute atomic E-state index is 0.0466. The van der Waals surface area contributed by atoms with E-state index in [-0.39, 0.29) is 24.0 Å². The second-order valence-electron chi connectivity index (χ2n) is 5.94. The molecule has 0 saturated carbocycles. The highest BCUT2D eigenvalue weighted by atomic mass is 16.5. The minimum atomic E-state index is -0.254. The quantitative estimate of drug-likeness (QED) is 0.694. The lowest BCUT2D eigenvalue weighted by atomic mass is 10.1. The largest absolute Gasteiger partial charge is 0.375 e. The summed E-state index contributed by atoms with van der Waals surface area (Å²) in [5, 5.41) is 3.23. The van der Waals surface area contributed by atoms with Crippen LogP contribution in [0.25, 0.3) is 0 Å². The number of hydrogen-bond acceptors (Lipinski definition) is 5. The van der Waals surface area contributed by atoms with Gasteiger partial charge in [0.15, 0.2) is 0 Å². The Hall–Kier alpha value is -1.18. The van der Waals surface area contributed by atoms with Gasteiger partial charge in [0.25, 0.3) is 0 Å². The van der Waals surface area contributed by atoms with Crippen molar-refractivity contribution in [2.45, 2.75) is 19.1 Å². The molecule has 0 aliphatic carbocycles. The number of likely N-dealkylation sites (N-methyl/N-ethyl adjacent to an activating group) is 1. The number of morpholine rings is 1. The first-order valence-corrected chi connectivity index (χ1v) is 7.54. The highest BCUT2D eigenvalue weighted by Gasteiger charge is 2.32. The van der Waals surface area contributed by atoms with Gasteiger partial charge in [0, 0.05) is 46.8 Å². The zero-order valence-electron chi connectivity index (χ0n) is 13.2. The van der Waals surface area contributed by atoms with Crippen LogP contribution in [0, 0.1) is 0 Å². The molecule has 0 radical (unpaired) electrons. The first-order chi connectivity index (χ1) is 9.99. The van der Waals surface area contributed by atoms with Crippen molar-refractivity contribution in [2.24, 2.45) is 0 Å². The zero-order valence-corrected chi connectivity index (χ0v) is 13.2. The van der Waals surface area contributed by atoms with Crippen LogP contribution in [0.3, 0.4) is 0 Å². The normalized spacial score (nSPS) is 27.5. The fourth-order valence-corrected chi connectivity index (χ4v) is 2.80. The Morgan fingerprint density at radius 2 is 2.10 bits per heavy atom. The van der Waals surface area contributed by atoms with Crippen molar-refractivity contribution in [2.75, 3.05) is 60.0 Å². The van der Waals surface area contributed by atoms with Gasteiger partial charge in [0.1, 0.15) is 6.04 Å². The fraction of sp³-hybridized carbons (Fsp3) is 0.857. The van der Waals surface area contributed by atoms with Crippen LogP contribution in [0.15, 0.2) is 0 Å². The number of hydrogen-bond donors (Lipinski definition) is 1. The molecule has 120 valence electrons. The molecule has 2 aliphatic rings. The Bertz CT molecular complexity index is 388. The molecule has 2 aliphatic heterocycles. The number of carbonyl (C=O) groups is 2. The first-order valence-electron chi connectivity index (χ1n) is 7.54. The van der Waals surface area contributed by atoms with Crippen molar-refractivity contribution in [1.29, 1.82) is 0 Å². The second-order valence-corrected chi connectivity index (χ2v) is 5.94. The molecule has 1 N–H and O–H groups in total. The molecule has 2 amide bonds. The number of piperazine rings is 1. The molecule has 7 heteroatoms. The highest BCUT2D eigenvalue weighted by molar-refractivity contribution is 5.84. The monoisotopic (exact) mass is 298 g/mol. The van der Waals surface area contributed by atoms with Crippen molar-refractivity contribution in [3.05, 3.63) is 0 Å². The Morgan fingerprint density at radius 3 is 2.76 bits per heavy atom. The van der Waals surface area contributed by atoms with Gasteiger partial charge >= 0.3 is 0 Å². The molecule has 0 spiro atoms. The Balaban J connectivity index is 1.95. The summed E-state index contributed by atoms with van der Waals surface area (Å²) in [6, 6.07) is -0.254. The molecular weight excluding hydrogens is 272 g/mol. The number of nitrogens with one attached hydrogen (secondary N) is 1. The van der Waals surface area contributed by atoms with E-state index in [4.69, 9.17) is 4.74 Å². The maximum absolute atomic E-state index is 12.4. The van der Waals surface area contributed by atoms with Crippen LogP contribution < -0.4 is 5.32 Å². The van der Waals surface area contributed by atoms with E-state index in [9.17, 15) is 9.59 Å². The van der Waals surface area contributed by atoms with Crippen LogP contribution in [0.4, 0.5) is 0 Å². The van der Waals surface area contributed by atoms with E-state index < -0.39 is 0 Å². The third-order valence-electron chi connectivity index (χ3n) is 4.01. The number of rotatable bonds is 3. The third kappa shape index (κ3) is 4.15. The molecule has 0 bridgehead atoms. The van der Waals surface area contributed by atoms with E-state index >= 15 is 0 Å². The SMILES string of the molecule is CC1CN(C(=O)CN2CCNCC2C(=O)N(C)C)CCO1. The molecule has 0 aromatic rings. The summed E-state index contributed by atoms with van der Waals surface area (Å²) in [6.07, 6.45) is 0.0879. The second kappa shape index (κ2) is 7.20. The first kappa shape index (κ1) is 16.2. The molecule has 2 atom stereocenters. The summed E-state index contributed by atoms with van der Waals surface area (Å²) in [5.41, 5.74) is 0. The van der Waals surface area contributed by atoms with Gasteiger partial charge in [-0.25, -0.2) is 0 Å². The van der Waals surface area contributed by atoms with Crippen LogP contribution in [0.2, 0.25) is 0 Å². The molecule has 21 heavy (non-hydrogen) atoms. The van der Waals surface area contributed by atoms with Crippen LogP contribution in [0.1, 0.15) is 6.92 Å². The molecule has 2 rings (SSSR count). The molecule has 2 unspecified atom stereocenters. The Kier molecular flexibility index (Phi) is 5.55. The van der Waals surface area contributed by atoms with E-state index in [2.05, 4.69) is 5.32 Å². The maximum atomic E-state index is 12.4. The predicted molar refractivity (Wildman–Crippen MR) is 78.9 cm³/mol. The van der Waals surface area contributed by atoms with E-state index in [1.54, 1.807) is 19.0 Å². The molecule has 2 fully saturated rings. The Morgan fingerprint density at radius 1 is 1.33 bits per heavy atom. The number of amides is 2. The maximum Gasteiger partial charge on any atom is 0.240 e. The summed E-state index contributed by atoms with van der Waals surface area (Å²) in [7, 11) is 3.50. The lowest BCUT2D eigenvalue weighted by molar-refractivity contribution is -0.143. The molecular formula is C14H26N4O3. The number of nitrogens with zero attached hydrogens (tertiary/aromatic N) is 3. The summed E-state index contributed by atoms with van der Waals surface area (Å²) in [6.45, 7) is 6.28. The van der Waals surface area contributed by atoms with Crippen LogP contribution in [0.5, 0.6) is 0 Å². The minimum Gasteiger partial charge on any atom is -0.375 e. The van der Waals surface area contributed by atoms with Gasteiger partial charge in [-0.15, -0.1) is 0 Å². The average Bonchev–Trinajstić information content (AvgIpc) is 2.47. The molecule has 0 aromatic heterocycles. The van der Waals surface area contributed by atoms with Gasteiger partial charge in [-0.1, -0.05) is 0 Å². The lowest BCUT2D eigenvalue weighted by Gasteiger charge is -2.38. The lowest BCUT2D eigenvalue weighted by Crippen LogP contribution is -2.60. The van der Waals surface area contributed by atoms with Gasteiger partial charge in [0.05, 0.1) is 19.3 Å². The Labute approximate surface area is 126 Å². The summed E-state index contributed by atoms with van der Waals surface area (Å²) < 4.78 is 5.46. The van der Waals surface area contributed by atoms with Gasteiger partial charge in [0.2, 0.25) is 11.8 Å². The van der Waals surface area contributed by atoms with Gasteiger partial charge in [-0.2, -0.15) is 0 Å². The van der Waals surface area contributed by atoms with Gasteiger partial charge in [-0.05, 0) is 6.92 Å². The van der Waals surface area contributed by atoms with Crippen LogP contribution in [-0.4, -0.2) is 98.6 Å². The van der Waals surface area contributed by atoms with Crippen molar-refractivity contribution in [3.63, 3.8) is 0 Å². The van der Waals surface area contributed by atoms with E-state index in [0.717, 1.165) is 13.1 Å². The zero-order chi connectivity index (χ0) is 15.4. The van der Waals surface area contributed by atoms with E-state index in [0.29, 0.717) is 32.8 Å². The standard InChI is InChI=1S/C14H26N4O3/c1-11-9-18(6-7-21-11)13(19)10-17-5-4-15-8-12(17)14(20)16(2)3/h11-12,15H,4-10H2,1-3H3. The fourth-order valence-electron chi connectivity index (χ4n) is 2.80. The summed E-state index contributed by atoms with van der Waals surface area (Å²) in [4.78, 5) is 30.1. The average molecular weight is 298 g/mol. The molecule has 7 nitrogen and oxygen atoms in total. The molecule has 2 heterocycles. The van der Waals surface area contributed by atoms with Crippen molar-refractivity contribution in [1.82, 2.24) is 20.0 Å². The smallest absolute Gasteiger partial charge is 0.240 e. The summed E-state index contributed by atoms with van der Waals surface area (Å²) in [5.74, 6) is 0.133. The van der Waals surface area contributed by atoms with Crippen molar-refractivity contribution in [3.8, 4) is 0 Å². The number of ether oxygens (including phenoxy) is 1. The van der Waals surface area contributed by atoms with Crippen LogP contribution in [-0.2, 0) is 14.3 Å². The predicted octanol–water partition coefficient (Wildman–Crippen LogP) is -1.40. The van der Waals surface area contributed by atoms with Gasteiger partial charge in [-0.3, -0.25) is 14.5 Å². The van der Waals surface area contributed by atoms with Gasteiger partial charge < -0.3 is 19.9 Å². The topological polar surface area (TPSA) is 65.1 Å². The third-order valence-corrected chi connectivity index (χ3v) is 4.01. The van der Waals surface area contributed by atoms with E-state index in [1.165, 1.54) is 0 Å². The molecule has 0 aromatic carbocycles. The van der Waals surface area contributed by atoms with E-state index in [1.807, 2.05) is 16.7 Å². The molecule has 2 saturated heterocycles. The van der Waals surface area contributed by atoms with Crippen LogP contribution >= 0.6 is 0 Å². The highest BCUT2D eigenvalue weighted by Crippen LogP contribution is 2.09. The summed E-state index contributed by atoms with van der Waals surface area (Å²) >= 11 is 0. The van der Waals surface area contributed by atoms with Crippen molar-refractivity contribution < 1.29 is 14.3 Å². The van der Waals surface area contributed by atoms with Crippen molar-refractivity contribution >= 4 is 11.8 Å².